The Hall–Kier alpha value is -1.59. The van der Waals surface area contributed by atoms with Crippen LogP contribution in [0.1, 0.15) is 32.8 Å². The number of carbonyl (C=O) groups excluding carboxylic acids is 1. The number of benzene rings is 1. The second-order valence-corrected chi connectivity index (χ2v) is 13.4. The fourth-order valence-electron chi connectivity index (χ4n) is 2.91. The van der Waals surface area contributed by atoms with Gasteiger partial charge in [0.1, 0.15) is 6.61 Å². The van der Waals surface area contributed by atoms with Crippen molar-refractivity contribution in [3.63, 3.8) is 0 Å². The van der Waals surface area contributed by atoms with E-state index in [9.17, 15) is 4.79 Å². The van der Waals surface area contributed by atoms with Crippen molar-refractivity contribution >= 4 is 14.4 Å². The van der Waals surface area contributed by atoms with Crippen LogP contribution in [-0.2, 0) is 15.8 Å². The van der Waals surface area contributed by atoms with Gasteiger partial charge in [-0.15, -0.1) is 6.58 Å². The van der Waals surface area contributed by atoms with Gasteiger partial charge in [0.15, 0.2) is 8.32 Å². The van der Waals surface area contributed by atoms with Gasteiger partial charge in [-0.05, 0) is 30.1 Å². The third kappa shape index (κ3) is 4.98. The van der Waals surface area contributed by atoms with E-state index in [0.29, 0.717) is 19.8 Å². The zero-order valence-electron chi connectivity index (χ0n) is 16.8. The first kappa shape index (κ1) is 20.7. The Kier molecular flexibility index (Phi) is 6.69. The summed E-state index contributed by atoms with van der Waals surface area (Å²) in [4.78, 5) is 14.5. The van der Waals surface area contributed by atoms with E-state index in [1.807, 2.05) is 41.3 Å². The third-order valence-corrected chi connectivity index (χ3v) is 10.3. The summed E-state index contributed by atoms with van der Waals surface area (Å²) in [5, 5.41) is 0.147. The largest absolute Gasteiger partial charge is 0.445 e. The predicted molar refractivity (Wildman–Crippen MR) is 109 cm³/mol. The second-order valence-electron chi connectivity index (χ2n) is 8.56. The summed E-state index contributed by atoms with van der Waals surface area (Å²) in [5.41, 5.74) is 0.995. The second kappa shape index (κ2) is 8.40. The highest BCUT2D eigenvalue weighted by Crippen LogP contribution is 2.37. The predicted octanol–water partition coefficient (Wildman–Crippen LogP) is 5.22. The van der Waals surface area contributed by atoms with Crippen molar-refractivity contribution in [3.8, 4) is 0 Å². The molecule has 0 aliphatic carbocycles. The van der Waals surface area contributed by atoms with Gasteiger partial charge in [0.2, 0.25) is 0 Å². The van der Waals surface area contributed by atoms with Crippen molar-refractivity contribution < 1.29 is 14.0 Å². The molecule has 0 spiro atoms. The van der Waals surface area contributed by atoms with Gasteiger partial charge in [-0.1, -0.05) is 57.2 Å². The number of amides is 1. The quantitative estimate of drug-likeness (QED) is 0.505. The van der Waals surface area contributed by atoms with E-state index < -0.39 is 8.32 Å². The molecule has 26 heavy (non-hydrogen) atoms. The highest BCUT2D eigenvalue weighted by molar-refractivity contribution is 6.74. The van der Waals surface area contributed by atoms with E-state index in [-0.39, 0.29) is 23.1 Å². The van der Waals surface area contributed by atoms with Crippen LogP contribution in [0.2, 0.25) is 18.1 Å². The Morgan fingerprint density at radius 3 is 2.54 bits per heavy atom. The first-order valence-electron chi connectivity index (χ1n) is 9.39. The Morgan fingerprint density at radius 2 is 1.96 bits per heavy atom. The van der Waals surface area contributed by atoms with Crippen LogP contribution in [0.5, 0.6) is 0 Å². The Labute approximate surface area is 159 Å². The molecular weight excluding hydrogens is 342 g/mol. The van der Waals surface area contributed by atoms with E-state index in [1.54, 1.807) is 0 Å². The molecular formula is C21H33NO3Si. The summed E-state index contributed by atoms with van der Waals surface area (Å²) < 4.78 is 11.9. The smallest absolute Gasteiger partial charge is 0.410 e. The standard InChI is InChI=1S/C21H33NO3Si/c1-7-18-13-14-22(19(18)16-25-26(5,6)21(2,3)4)20(23)24-15-17-11-9-8-10-12-17/h7-12,18-19H,1,13-16H2,2-6H3/t18-,19+/m1/s1. The minimum atomic E-state index is -1.86. The molecule has 2 rings (SSSR count). The maximum absolute atomic E-state index is 12.6. The van der Waals surface area contributed by atoms with Gasteiger partial charge in [-0.25, -0.2) is 4.79 Å². The molecule has 1 amide bonds. The number of ether oxygens (including phenoxy) is 1. The maximum Gasteiger partial charge on any atom is 0.410 e. The Bertz CT molecular complexity index is 609. The number of rotatable bonds is 6. The lowest BCUT2D eigenvalue weighted by molar-refractivity contribution is 0.0770. The highest BCUT2D eigenvalue weighted by atomic mass is 28.4. The first-order chi connectivity index (χ1) is 12.2. The first-order valence-corrected chi connectivity index (χ1v) is 12.3. The summed E-state index contributed by atoms with van der Waals surface area (Å²) in [5.74, 6) is 0.254. The van der Waals surface area contributed by atoms with Crippen LogP contribution in [0.4, 0.5) is 4.79 Å². The molecule has 0 radical (unpaired) electrons. The lowest BCUT2D eigenvalue weighted by Gasteiger charge is -2.38. The van der Waals surface area contributed by atoms with Crippen molar-refractivity contribution in [1.82, 2.24) is 4.90 Å². The molecule has 1 aromatic rings. The number of carbonyl (C=O) groups is 1. The third-order valence-electron chi connectivity index (χ3n) is 5.76. The van der Waals surface area contributed by atoms with Gasteiger partial charge in [0.05, 0.1) is 12.6 Å². The number of hydrogen-bond acceptors (Lipinski definition) is 3. The number of nitrogens with zero attached hydrogens (tertiary/aromatic N) is 1. The Morgan fingerprint density at radius 1 is 1.31 bits per heavy atom. The van der Waals surface area contributed by atoms with E-state index in [2.05, 4.69) is 40.4 Å². The molecule has 0 N–H and O–H groups in total. The summed E-state index contributed by atoms with van der Waals surface area (Å²) in [6.07, 6.45) is 2.60. The molecule has 1 aromatic carbocycles. The summed E-state index contributed by atoms with van der Waals surface area (Å²) >= 11 is 0. The van der Waals surface area contributed by atoms with E-state index in [4.69, 9.17) is 9.16 Å². The monoisotopic (exact) mass is 375 g/mol. The molecule has 0 saturated carbocycles. The topological polar surface area (TPSA) is 38.8 Å². The normalized spacial score (nSPS) is 20.9. The van der Waals surface area contributed by atoms with Crippen molar-refractivity contribution in [2.75, 3.05) is 13.2 Å². The minimum absolute atomic E-state index is 0.00454. The molecule has 4 nitrogen and oxygen atoms in total. The van der Waals surface area contributed by atoms with Gasteiger partial charge in [0, 0.05) is 12.5 Å². The van der Waals surface area contributed by atoms with E-state index >= 15 is 0 Å². The zero-order chi connectivity index (χ0) is 19.4. The summed E-state index contributed by atoms with van der Waals surface area (Å²) in [6.45, 7) is 16.6. The maximum atomic E-state index is 12.6. The van der Waals surface area contributed by atoms with Crippen LogP contribution in [-0.4, -0.2) is 38.5 Å². The van der Waals surface area contributed by atoms with Gasteiger partial charge in [-0.3, -0.25) is 0 Å². The fourth-order valence-corrected chi connectivity index (χ4v) is 3.93. The minimum Gasteiger partial charge on any atom is -0.445 e. The van der Waals surface area contributed by atoms with E-state index in [1.165, 1.54) is 0 Å². The molecule has 0 unspecified atom stereocenters. The van der Waals surface area contributed by atoms with E-state index in [0.717, 1.165) is 12.0 Å². The molecule has 5 heteroatoms. The average Bonchev–Trinajstić information content (AvgIpc) is 3.01. The molecule has 1 fully saturated rings. The van der Waals surface area contributed by atoms with Crippen molar-refractivity contribution in [1.29, 1.82) is 0 Å². The molecule has 1 aliphatic rings. The van der Waals surface area contributed by atoms with Crippen LogP contribution in [0.15, 0.2) is 43.0 Å². The lowest BCUT2D eigenvalue weighted by atomic mass is 10.0. The van der Waals surface area contributed by atoms with Gasteiger partial charge >= 0.3 is 6.09 Å². The average molecular weight is 376 g/mol. The highest BCUT2D eigenvalue weighted by Gasteiger charge is 2.41. The van der Waals surface area contributed by atoms with Crippen LogP contribution in [0, 0.1) is 5.92 Å². The molecule has 1 heterocycles. The summed E-state index contributed by atoms with van der Waals surface area (Å²) in [6, 6.07) is 9.77. The molecule has 1 aliphatic heterocycles. The molecule has 0 aromatic heterocycles. The lowest BCUT2D eigenvalue weighted by Crippen LogP contribution is -2.47. The van der Waals surface area contributed by atoms with Gasteiger partial charge in [-0.2, -0.15) is 0 Å². The SMILES string of the molecule is C=C[C@@H]1CCN(C(=O)OCc2ccccc2)[C@H]1CO[Si](C)(C)C(C)(C)C. The van der Waals surface area contributed by atoms with Gasteiger partial charge in [0.25, 0.3) is 0 Å². The molecule has 144 valence electrons. The van der Waals surface area contributed by atoms with Crippen molar-refractivity contribution in [3.05, 3.63) is 48.6 Å². The van der Waals surface area contributed by atoms with Crippen LogP contribution >= 0.6 is 0 Å². The molecule has 2 atom stereocenters. The Balaban J connectivity index is 1.99. The van der Waals surface area contributed by atoms with Gasteiger partial charge < -0.3 is 14.1 Å². The van der Waals surface area contributed by atoms with Crippen LogP contribution in [0.3, 0.4) is 0 Å². The number of likely N-dealkylation sites (tertiary alicyclic amines) is 1. The fraction of sp³-hybridized carbons (Fsp3) is 0.571. The molecule has 1 saturated heterocycles. The van der Waals surface area contributed by atoms with Crippen molar-refractivity contribution in [2.24, 2.45) is 5.92 Å². The van der Waals surface area contributed by atoms with Crippen molar-refractivity contribution in [2.45, 2.75) is 58.0 Å². The summed E-state index contributed by atoms with van der Waals surface area (Å²) in [7, 11) is -1.86. The number of hydrogen-bond donors (Lipinski definition) is 0. The zero-order valence-corrected chi connectivity index (χ0v) is 17.8. The van der Waals surface area contributed by atoms with Crippen LogP contribution in [0.25, 0.3) is 0 Å². The van der Waals surface area contributed by atoms with Crippen LogP contribution < -0.4 is 0 Å². The molecule has 0 bridgehead atoms.